The highest BCUT2D eigenvalue weighted by molar-refractivity contribution is 14.0. The number of rotatable bonds is 9. The van der Waals surface area contributed by atoms with E-state index >= 15 is 0 Å². The van der Waals surface area contributed by atoms with Gasteiger partial charge in [-0.1, -0.05) is 6.92 Å². The van der Waals surface area contributed by atoms with Crippen molar-refractivity contribution in [2.75, 3.05) is 40.3 Å². The summed E-state index contributed by atoms with van der Waals surface area (Å²) in [5.41, 5.74) is 5.73. The third kappa shape index (κ3) is 12.4. The van der Waals surface area contributed by atoms with Crippen molar-refractivity contribution in [2.45, 2.75) is 32.8 Å². The van der Waals surface area contributed by atoms with Crippen LogP contribution in [0.2, 0.25) is 0 Å². The van der Waals surface area contributed by atoms with E-state index in [4.69, 9.17) is 10.5 Å². The molecule has 1 atom stereocenters. The Labute approximate surface area is 129 Å². The van der Waals surface area contributed by atoms with Crippen molar-refractivity contribution in [3.05, 3.63) is 0 Å². The van der Waals surface area contributed by atoms with Crippen LogP contribution in [0.4, 0.5) is 0 Å². The topological polar surface area (TPSA) is 62.9 Å². The van der Waals surface area contributed by atoms with Crippen LogP contribution in [-0.2, 0) is 4.74 Å². The van der Waals surface area contributed by atoms with Crippen LogP contribution in [0.15, 0.2) is 4.99 Å². The highest BCUT2D eigenvalue weighted by Gasteiger charge is 2.08. The molecule has 0 aromatic rings. The van der Waals surface area contributed by atoms with Gasteiger partial charge >= 0.3 is 0 Å². The Morgan fingerprint density at radius 1 is 1.39 bits per heavy atom. The maximum Gasteiger partial charge on any atom is 0.188 e. The first-order chi connectivity index (χ1) is 8.10. The Bertz CT molecular complexity index is 212. The third-order valence-corrected chi connectivity index (χ3v) is 2.32. The molecule has 0 aromatic carbocycles. The molecule has 1 unspecified atom stereocenters. The average molecular weight is 372 g/mol. The van der Waals surface area contributed by atoms with E-state index in [2.05, 4.69) is 36.2 Å². The molecule has 5 nitrogen and oxygen atoms in total. The number of halogens is 1. The van der Waals surface area contributed by atoms with E-state index in [0.29, 0.717) is 12.5 Å². The minimum Gasteiger partial charge on any atom is -0.377 e. The van der Waals surface area contributed by atoms with E-state index in [1.807, 2.05) is 6.92 Å². The van der Waals surface area contributed by atoms with Crippen molar-refractivity contribution in [1.29, 1.82) is 0 Å². The molecule has 0 aliphatic carbocycles. The predicted octanol–water partition coefficient (Wildman–Crippen LogP) is 1.28. The molecule has 6 heteroatoms. The van der Waals surface area contributed by atoms with Gasteiger partial charge in [0.1, 0.15) is 0 Å². The van der Waals surface area contributed by atoms with E-state index in [1.54, 1.807) is 0 Å². The summed E-state index contributed by atoms with van der Waals surface area (Å²) in [7, 11) is 4.12. The minimum atomic E-state index is 0. The quantitative estimate of drug-likeness (QED) is 0.364. The number of hydrogen-bond donors (Lipinski definition) is 2. The van der Waals surface area contributed by atoms with Crippen LogP contribution in [0, 0.1) is 0 Å². The molecule has 0 rings (SSSR count). The second-order valence-corrected chi connectivity index (χ2v) is 4.32. The molecule has 0 saturated carbocycles. The van der Waals surface area contributed by atoms with Crippen molar-refractivity contribution in [3.63, 3.8) is 0 Å². The number of ether oxygens (including phenoxy) is 1. The lowest BCUT2D eigenvalue weighted by Gasteiger charge is -2.17. The van der Waals surface area contributed by atoms with Crippen molar-refractivity contribution < 1.29 is 4.74 Å². The van der Waals surface area contributed by atoms with Gasteiger partial charge in [0.25, 0.3) is 0 Å². The van der Waals surface area contributed by atoms with Crippen molar-refractivity contribution in [3.8, 4) is 0 Å². The minimum absolute atomic E-state index is 0. The molecule has 0 radical (unpaired) electrons. The van der Waals surface area contributed by atoms with Crippen LogP contribution in [0.1, 0.15) is 26.7 Å². The third-order valence-electron chi connectivity index (χ3n) is 2.32. The van der Waals surface area contributed by atoms with Crippen LogP contribution in [-0.4, -0.2) is 57.3 Å². The summed E-state index contributed by atoms with van der Waals surface area (Å²) in [5.74, 6) is 0.515. The summed E-state index contributed by atoms with van der Waals surface area (Å²) >= 11 is 0. The standard InChI is InChI=1S/C12H28N4O.HI/c1-5-8-14-12(13)15-10-11(17-6-2)7-9-16(3)4;/h11H,5-10H2,1-4H3,(H3,13,14,15);1H. The van der Waals surface area contributed by atoms with E-state index in [-0.39, 0.29) is 30.1 Å². The number of aliphatic imine (C=N–C) groups is 1. The molecule has 0 bridgehead atoms. The predicted molar refractivity (Wildman–Crippen MR) is 88.8 cm³/mol. The number of nitrogens with two attached hydrogens (primary N) is 1. The fourth-order valence-corrected chi connectivity index (χ4v) is 1.37. The monoisotopic (exact) mass is 372 g/mol. The zero-order chi connectivity index (χ0) is 13.1. The second-order valence-electron chi connectivity index (χ2n) is 4.32. The van der Waals surface area contributed by atoms with Crippen LogP contribution in [0.5, 0.6) is 0 Å². The van der Waals surface area contributed by atoms with Gasteiger partial charge in [-0.2, -0.15) is 0 Å². The molecule has 0 aliphatic heterocycles. The summed E-state index contributed by atoms with van der Waals surface area (Å²) in [5, 5.41) is 3.06. The molecule has 0 spiro atoms. The van der Waals surface area contributed by atoms with Gasteiger partial charge in [0.2, 0.25) is 0 Å². The van der Waals surface area contributed by atoms with Gasteiger partial charge in [0, 0.05) is 19.7 Å². The molecule has 0 amide bonds. The lowest BCUT2D eigenvalue weighted by atomic mass is 10.2. The highest BCUT2D eigenvalue weighted by atomic mass is 127. The highest BCUT2D eigenvalue weighted by Crippen LogP contribution is 2.00. The first-order valence-corrected chi connectivity index (χ1v) is 6.40. The van der Waals surface area contributed by atoms with Gasteiger partial charge in [-0.05, 0) is 33.9 Å². The first kappa shape index (κ1) is 20.2. The van der Waals surface area contributed by atoms with Gasteiger partial charge < -0.3 is 20.7 Å². The Kier molecular flexibility index (Phi) is 15.0. The summed E-state index contributed by atoms with van der Waals surface area (Å²) in [6.45, 7) is 7.32. The molecule has 0 heterocycles. The Morgan fingerprint density at radius 3 is 2.56 bits per heavy atom. The molecule has 0 fully saturated rings. The second kappa shape index (κ2) is 13.4. The number of guanidine groups is 1. The van der Waals surface area contributed by atoms with Gasteiger partial charge in [-0.3, -0.25) is 4.99 Å². The lowest BCUT2D eigenvalue weighted by molar-refractivity contribution is 0.0582. The van der Waals surface area contributed by atoms with Gasteiger partial charge in [0.05, 0.1) is 12.6 Å². The largest absolute Gasteiger partial charge is 0.377 e. The number of nitrogens with zero attached hydrogens (tertiary/aromatic N) is 2. The number of nitrogens with one attached hydrogen (secondary N) is 1. The smallest absolute Gasteiger partial charge is 0.188 e. The normalized spacial score (nSPS) is 13.3. The maximum atomic E-state index is 5.73. The molecule has 18 heavy (non-hydrogen) atoms. The SMILES string of the molecule is CCCNC(N)=NCC(CCN(C)C)OCC.I. The summed E-state index contributed by atoms with van der Waals surface area (Å²) < 4.78 is 5.63. The Morgan fingerprint density at radius 2 is 2.06 bits per heavy atom. The van der Waals surface area contributed by atoms with E-state index in [1.165, 1.54) is 0 Å². The summed E-state index contributed by atoms with van der Waals surface area (Å²) in [4.78, 5) is 6.45. The zero-order valence-corrected chi connectivity index (χ0v) is 14.4. The van der Waals surface area contributed by atoms with E-state index in [9.17, 15) is 0 Å². The van der Waals surface area contributed by atoms with Crippen LogP contribution < -0.4 is 11.1 Å². The van der Waals surface area contributed by atoms with Crippen LogP contribution in [0.3, 0.4) is 0 Å². The molecule has 0 aromatic heterocycles. The molecule has 0 aliphatic rings. The zero-order valence-electron chi connectivity index (χ0n) is 12.1. The fourth-order valence-electron chi connectivity index (χ4n) is 1.37. The molecule has 3 N–H and O–H groups in total. The molecule has 110 valence electrons. The van der Waals surface area contributed by atoms with Crippen molar-refractivity contribution in [1.82, 2.24) is 10.2 Å². The van der Waals surface area contributed by atoms with Crippen LogP contribution in [0.25, 0.3) is 0 Å². The average Bonchev–Trinajstić information content (AvgIpc) is 2.29. The van der Waals surface area contributed by atoms with E-state index < -0.39 is 0 Å². The van der Waals surface area contributed by atoms with Gasteiger partial charge in [0.15, 0.2) is 5.96 Å². The molecule has 0 saturated heterocycles. The van der Waals surface area contributed by atoms with Crippen molar-refractivity contribution in [2.24, 2.45) is 10.7 Å². The van der Waals surface area contributed by atoms with Gasteiger partial charge in [-0.25, -0.2) is 0 Å². The summed E-state index contributed by atoms with van der Waals surface area (Å²) in [6.07, 6.45) is 2.18. The lowest BCUT2D eigenvalue weighted by Crippen LogP contribution is -2.33. The first-order valence-electron chi connectivity index (χ1n) is 6.40. The number of hydrogen-bond acceptors (Lipinski definition) is 3. The maximum absolute atomic E-state index is 5.73. The molecular formula is C12H29IN4O. The summed E-state index contributed by atoms with van der Waals surface area (Å²) in [6, 6.07) is 0. The van der Waals surface area contributed by atoms with E-state index in [0.717, 1.165) is 32.5 Å². The van der Waals surface area contributed by atoms with Crippen LogP contribution >= 0.6 is 24.0 Å². The van der Waals surface area contributed by atoms with Gasteiger partial charge in [-0.15, -0.1) is 24.0 Å². The van der Waals surface area contributed by atoms with Crippen molar-refractivity contribution >= 4 is 29.9 Å². The Balaban J connectivity index is 0. The molecular weight excluding hydrogens is 343 g/mol. The Hall–Kier alpha value is -0.0800. The fraction of sp³-hybridized carbons (Fsp3) is 0.917.